The van der Waals surface area contributed by atoms with Crippen LogP contribution >= 0.6 is 0 Å². The molecular weight excluding hydrogens is 578 g/mol. The quantitative estimate of drug-likeness (QED) is 0.153. The topological polar surface area (TPSA) is 92.8 Å². The first-order valence-electron chi connectivity index (χ1n) is 15.3. The van der Waals surface area contributed by atoms with E-state index in [-0.39, 0.29) is 11.4 Å². The lowest BCUT2D eigenvalue weighted by atomic mass is 9.67. The largest absolute Gasteiger partial charge is 0.496 e. The molecule has 1 fully saturated rings. The average molecular weight is 617 g/mol. The normalized spacial score (nSPS) is 13.7. The van der Waals surface area contributed by atoms with Gasteiger partial charge < -0.3 is 25.0 Å². The summed E-state index contributed by atoms with van der Waals surface area (Å²) in [5.41, 5.74) is 1.05. The maximum atomic E-state index is 15.3. The highest BCUT2D eigenvalue weighted by Gasteiger charge is 2.50. The summed E-state index contributed by atoms with van der Waals surface area (Å²) in [5.74, 6) is -1.03. The Labute approximate surface area is 261 Å². The molecule has 0 radical (unpaired) electrons. The first-order chi connectivity index (χ1) is 21.8. The fraction of sp³-hybridized carbons (Fsp3) is 0.343. The van der Waals surface area contributed by atoms with E-state index in [1.54, 1.807) is 19.4 Å². The van der Waals surface area contributed by atoms with Gasteiger partial charge in [-0.05, 0) is 105 Å². The lowest BCUT2D eigenvalue weighted by molar-refractivity contribution is -0.142. The highest BCUT2D eigenvalue weighted by Crippen LogP contribution is 2.43. The lowest BCUT2D eigenvalue weighted by Crippen LogP contribution is -2.50. The summed E-state index contributed by atoms with van der Waals surface area (Å²) in [5, 5.41) is 6.06. The van der Waals surface area contributed by atoms with Gasteiger partial charge in [-0.3, -0.25) is 14.6 Å². The summed E-state index contributed by atoms with van der Waals surface area (Å²) in [4.78, 5) is 33.2. The number of aromatic nitrogens is 1. The number of fused-ring (bicyclic) bond motifs is 1. The Morgan fingerprint density at radius 2 is 1.58 bits per heavy atom. The van der Waals surface area contributed by atoms with E-state index in [9.17, 15) is 14.0 Å². The fourth-order valence-electron chi connectivity index (χ4n) is 5.60. The van der Waals surface area contributed by atoms with Gasteiger partial charge in [-0.15, -0.1) is 0 Å². The standard InChI is InChI=1S/C35H38F2N4O4/c1-4-41(5-2)19-6-8-23-20-29-27(22-32(23)44-3)30(15-18-38-29)45-31-14-13-26(21-28(31)37)40-34(43)35(16-7-17-35)33(42)39-25-11-9-24(36)10-12-25/h9-15,18,20-22H,4-8,16-17,19H2,1-3H3,(H,39,42)(H,40,43). The number of pyridine rings is 1. The Morgan fingerprint density at radius 3 is 2.20 bits per heavy atom. The van der Waals surface area contributed by atoms with Crippen molar-refractivity contribution in [3.63, 3.8) is 0 Å². The summed E-state index contributed by atoms with van der Waals surface area (Å²) in [6, 6.07) is 15.0. The van der Waals surface area contributed by atoms with Crippen LogP contribution < -0.4 is 20.1 Å². The lowest BCUT2D eigenvalue weighted by Gasteiger charge is -2.38. The van der Waals surface area contributed by atoms with Crippen molar-refractivity contribution in [1.29, 1.82) is 0 Å². The molecule has 0 unspecified atom stereocenters. The van der Waals surface area contributed by atoms with Gasteiger partial charge >= 0.3 is 0 Å². The predicted octanol–water partition coefficient (Wildman–Crippen LogP) is 7.34. The van der Waals surface area contributed by atoms with E-state index >= 15 is 4.39 Å². The third-order valence-electron chi connectivity index (χ3n) is 8.51. The predicted molar refractivity (Wildman–Crippen MR) is 171 cm³/mol. The molecule has 1 saturated carbocycles. The molecule has 10 heteroatoms. The minimum Gasteiger partial charge on any atom is -0.496 e. The van der Waals surface area contributed by atoms with Gasteiger partial charge in [0.2, 0.25) is 11.8 Å². The number of rotatable bonds is 13. The van der Waals surface area contributed by atoms with Crippen LogP contribution in [0.15, 0.2) is 66.9 Å². The van der Waals surface area contributed by atoms with E-state index in [0.717, 1.165) is 44.1 Å². The van der Waals surface area contributed by atoms with Gasteiger partial charge in [0.1, 0.15) is 22.7 Å². The molecule has 45 heavy (non-hydrogen) atoms. The zero-order chi connectivity index (χ0) is 32.0. The highest BCUT2D eigenvalue weighted by molar-refractivity contribution is 6.15. The number of halogens is 2. The Hall–Kier alpha value is -4.57. The fourth-order valence-corrected chi connectivity index (χ4v) is 5.60. The Balaban J connectivity index is 1.29. The number of nitrogens with zero attached hydrogens (tertiary/aromatic N) is 2. The van der Waals surface area contributed by atoms with E-state index in [1.807, 2.05) is 12.1 Å². The third kappa shape index (κ3) is 7.06. The zero-order valence-corrected chi connectivity index (χ0v) is 25.8. The smallest absolute Gasteiger partial charge is 0.240 e. The molecule has 0 saturated heterocycles. The van der Waals surface area contributed by atoms with Crippen LogP contribution in [-0.2, 0) is 16.0 Å². The van der Waals surface area contributed by atoms with Crippen LogP contribution in [-0.4, -0.2) is 48.4 Å². The number of nitrogens with one attached hydrogen (secondary N) is 2. The molecular formula is C35H38F2N4O4. The molecule has 1 heterocycles. The molecule has 0 spiro atoms. The van der Waals surface area contributed by atoms with E-state index in [0.29, 0.717) is 47.4 Å². The summed E-state index contributed by atoms with van der Waals surface area (Å²) >= 11 is 0. The molecule has 2 N–H and O–H groups in total. The highest BCUT2D eigenvalue weighted by atomic mass is 19.1. The minimum atomic E-state index is -1.29. The van der Waals surface area contributed by atoms with Crippen LogP contribution in [0.1, 0.15) is 45.1 Å². The second-order valence-corrected chi connectivity index (χ2v) is 11.2. The first-order valence-corrected chi connectivity index (χ1v) is 15.3. The summed E-state index contributed by atoms with van der Waals surface area (Å²) in [6.45, 7) is 7.32. The summed E-state index contributed by atoms with van der Waals surface area (Å²) in [6.07, 6.45) is 4.84. The second kappa shape index (κ2) is 14.0. The van der Waals surface area contributed by atoms with Crippen LogP contribution in [0.4, 0.5) is 20.2 Å². The summed E-state index contributed by atoms with van der Waals surface area (Å²) < 4.78 is 40.2. The first kappa shape index (κ1) is 31.8. The van der Waals surface area contributed by atoms with Gasteiger partial charge in [-0.25, -0.2) is 8.78 Å². The number of anilines is 2. The molecule has 1 aliphatic carbocycles. The SMILES string of the molecule is CCN(CC)CCCc1cc2nccc(Oc3ccc(NC(=O)C4(C(=O)Nc5ccc(F)cc5)CCC4)cc3F)c2cc1OC. The number of hydrogen-bond acceptors (Lipinski definition) is 6. The third-order valence-corrected chi connectivity index (χ3v) is 8.51. The van der Waals surface area contributed by atoms with Crippen LogP contribution in [0.25, 0.3) is 10.9 Å². The molecule has 0 bridgehead atoms. The molecule has 1 aromatic heterocycles. The van der Waals surface area contributed by atoms with Crippen molar-refractivity contribution in [3.8, 4) is 17.2 Å². The molecule has 0 atom stereocenters. The van der Waals surface area contributed by atoms with Crippen molar-refractivity contribution in [2.24, 2.45) is 5.41 Å². The molecule has 1 aliphatic rings. The molecule has 3 aromatic carbocycles. The van der Waals surface area contributed by atoms with E-state index in [4.69, 9.17) is 9.47 Å². The van der Waals surface area contributed by atoms with Crippen molar-refractivity contribution >= 4 is 34.1 Å². The average Bonchev–Trinajstić information content (AvgIpc) is 3.01. The van der Waals surface area contributed by atoms with Crippen LogP contribution in [0.5, 0.6) is 17.2 Å². The number of carbonyl (C=O) groups excluding carboxylic acids is 2. The van der Waals surface area contributed by atoms with Crippen LogP contribution in [0.2, 0.25) is 0 Å². The van der Waals surface area contributed by atoms with Crippen molar-refractivity contribution in [3.05, 3.63) is 84.1 Å². The van der Waals surface area contributed by atoms with Gasteiger partial charge in [-0.2, -0.15) is 0 Å². The minimum absolute atomic E-state index is 0.0322. The number of ether oxygens (including phenoxy) is 2. The van der Waals surface area contributed by atoms with Crippen LogP contribution in [0, 0.1) is 17.0 Å². The van der Waals surface area contributed by atoms with Gasteiger partial charge in [-0.1, -0.05) is 20.3 Å². The second-order valence-electron chi connectivity index (χ2n) is 11.2. The zero-order valence-electron chi connectivity index (χ0n) is 25.8. The number of amides is 2. The maximum Gasteiger partial charge on any atom is 0.240 e. The van der Waals surface area contributed by atoms with Gasteiger partial charge in [0.15, 0.2) is 11.6 Å². The van der Waals surface area contributed by atoms with Gasteiger partial charge in [0, 0.05) is 29.0 Å². The Morgan fingerprint density at radius 1 is 0.889 bits per heavy atom. The molecule has 5 rings (SSSR count). The van der Waals surface area contributed by atoms with Crippen molar-refractivity contribution in [1.82, 2.24) is 9.88 Å². The number of aryl methyl sites for hydroxylation is 1. The van der Waals surface area contributed by atoms with E-state index in [1.165, 1.54) is 36.4 Å². The molecule has 8 nitrogen and oxygen atoms in total. The van der Waals surface area contributed by atoms with E-state index < -0.39 is 28.9 Å². The Kier molecular flexibility index (Phi) is 9.93. The van der Waals surface area contributed by atoms with Gasteiger partial charge in [0.05, 0.1) is 12.6 Å². The number of carbonyl (C=O) groups is 2. The molecule has 2 amide bonds. The Bertz CT molecular complexity index is 1670. The number of methoxy groups -OCH3 is 1. The van der Waals surface area contributed by atoms with Gasteiger partial charge in [0.25, 0.3) is 0 Å². The van der Waals surface area contributed by atoms with Crippen LogP contribution in [0.3, 0.4) is 0 Å². The number of benzene rings is 3. The van der Waals surface area contributed by atoms with Crippen molar-refractivity contribution in [2.75, 3.05) is 37.4 Å². The van der Waals surface area contributed by atoms with E-state index in [2.05, 4.69) is 34.4 Å². The molecule has 4 aromatic rings. The maximum absolute atomic E-state index is 15.3. The van der Waals surface area contributed by atoms with Crippen molar-refractivity contribution in [2.45, 2.75) is 46.0 Å². The molecule has 0 aliphatic heterocycles. The summed E-state index contributed by atoms with van der Waals surface area (Å²) in [7, 11) is 1.62. The number of hydrogen-bond donors (Lipinski definition) is 2. The monoisotopic (exact) mass is 616 g/mol. The van der Waals surface area contributed by atoms with Crippen molar-refractivity contribution < 1.29 is 27.8 Å². The molecule has 236 valence electrons.